The molecule has 0 aromatic heterocycles. The van der Waals surface area contributed by atoms with Crippen LogP contribution in [-0.4, -0.2) is 43.5 Å². The predicted octanol–water partition coefficient (Wildman–Crippen LogP) is 3.38. The lowest BCUT2D eigenvalue weighted by Gasteiger charge is -2.45. The third kappa shape index (κ3) is 4.08. The van der Waals surface area contributed by atoms with Gasteiger partial charge in [0.1, 0.15) is 22.8 Å². The third-order valence-electron chi connectivity index (χ3n) is 8.01. The molecule has 5 rings (SSSR count). The van der Waals surface area contributed by atoms with Crippen LogP contribution in [0.1, 0.15) is 45.5 Å². The lowest BCUT2D eigenvalue weighted by Crippen LogP contribution is -2.57. The summed E-state index contributed by atoms with van der Waals surface area (Å²) in [6.45, 7) is 0. The first-order valence-electron chi connectivity index (χ1n) is 12.2. The molecule has 1 amide bonds. The van der Waals surface area contributed by atoms with Crippen LogP contribution in [0.25, 0.3) is 0 Å². The van der Waals surface area contributed by atoms with Crippen molar-refractivity contribution in [1.82, 2.24) is 0 Å². The number of amides is 1. The molecule has 0 spiro atoms. The summed E-state index contributed by atoms with van der Waals surface area (Å²) in [6, 6.07) is 7.66. The molecule has 2 aromatic rings. The summed E-state index contributed by atoms with van der Waals surface area (Å²) in [5.74, 6) is -6.96. The minimum Gasteiger partial charge on any atom is -0.511 e. The van der Waals surface area contributed by atoms with E-state index in [9.17, 15) is 48.0 Å². The first-order chi connectivity index (χ1) is 18.2. The van der Waals surface area contributed by atoms with E-state index in [0.29, 0.717) is 29.5 Å². The van der Waals surface area contributed by atoms with Gasteiger partial charge in [0.2, 0.25) is 5.78 Å². The van der Waals surface area contributed by atoms with Crippen LogP contribution in [0.3, 0.4) is 0 Å². The highest BCUT2D eigenvalue weighted by Gasteiger charge is 2.59. The lowest BCUT2D eigenvalue weighted by molar-refractivity contribution is -0.144. The van der Waals surface area contributed by atoms with Crippen molar-refractivity contribution in [2.75, 3.05) is 0 Å². The molecule has 8 nitrogen and oxygen atoms in total. The number of primary amides is 1. The SMILES string of the molecule is NC(=O)C1=C(O)C[C@@H]2C[C@@H]3Cc4c(CCc5ccc(C(F)(F)F)cc5)ccc(O)c4C(=O)C3=C(O)[C@]2(O)C1=O. The van der Waals surface area contributed by atoms with E-state index in [1.165, 1.54) is 18.2 Å². The molecule has 0 saturated carbocycles. The Morgan fingerprint density at radius 3 is 2.28 bits per heavy atom. The number of hydrogen-bond donors (Lipinski definition) is 5. The second-order valence-corrected chi connectivity index (χ2v) is 10.2. The highest BCUT2D eigenvalue weighted by Crippen LogP contribution is 2.51. The van der Waals surface area contributed by atoms with Gasteiger partial charge in [0, 0.05) is 17.9 Å². The largest absolute Gasteiger partial charge is 0.511 e. The van der Waals surface area contributed by atoms with Crippen LogP contribution in [0.2, 0.25) is 0 Å². The summed E-state index contributed by atoms with van der Waals surface area (Å²) < 4.78 is 38.6. The van der Waals surface area contributed by atoms with Gasteiger partial charge in [-0.2, -0.15) is 13.2 Å². The van der Waals surface area contributed by atoms with Crippen LogP contribution in [0.5, 0.6) is 5.75 Å². The number of ketones is 2. The van der Waals surface area contributed by atoms with E-state index >= 15 is 0 Å². The second-order valence-electron chi connectivity index (χ2n) is 10.2. The van der Waals surface area contributed by atoms with Crippen LogP contribution in [0, 0.1) is 11.8 Å². The van der Waals surface area contributed by atoms with Crippen molar-refractivity contribution in [3.63, 3.8) is 0 Å². The number of allylic oxidation sites excluding steroid dienone is 2. The van der Waals surface area contributed by atoms with E-state index < -0.39 is 63.7 Å². The van der Waals surface area contributed by atoms with Crippen molar-refractivity contribution in [2.24, 2.45) is 17.6 Å². The second kappa shape index (κ2) is 8.98. The number of hydrogen-bond acceptors (Lipinski definition) is 7. The maximum atomic E-state index is 13.6. The van der Waals surface area contributed by atoms with Gasteiger partial charge in [0.25, 0.3) is 5.91 Å². The number of phenolic OH excluding ortho intramolecular Hbond substituents is 1. The number of benzene rings is 2. The van der Waals surface area contributed by atoms with Crippen molar-refractivity contribution >= 4 is 17.5 Å². The van der Waals surface area contributed by atoms with Gasteiger partial charge in [-0.15, -0.1) is 0 Å². The molecular formula is C28H24F3NO7. The number of carbonyl (C=O) groups is 3. The number of carbonyl (C=O) groups excluding carboxylic acids is 3. The Morgan fingerprint density at radius 1 is 1.00 bits per heavy atom. The molecule has 0 fully saturated rings. The van der Waals surface area contributed by atoms with Gasteiger partial charge in [0.15, 0.2) is 11.4 Å². The lowest BCUT2D eigenvalue weighted by atomic mass is 9.60. The quantitative estimate of drug-likeness (QED) is 0.370. The zero-order valence-electron chi connectivity index (χ0n) is 20.4. The molecule has 0 heterocycles. The number of Topliss-reactive ketones (excluding diaryl/α,β-unsaturated/α-hetero) is 2. The number of aryl methyl sites for hydroxylation is 2. The maximum absolute atomic E-state index is 13.6. The topological polar surface area (TPSA) is 158 Å². The number of alkyl halides is 3. The van der Waals surface area contributed by atoms with Gasteiger partial charge in [-0.1, -0.05) is 18.2 Å². The van der Waals surface area contributed by atoms with Crippen molar-refractivity contribution in [1.29, 1.82) is 0 Å². The molecule has 0 bridgehead atoms. The molecule has 0 unspecified atom stereocenters. The van der Waals surface area contributed by atoms with Gasteiger partial charge in [-0.25, -0.2) is 0 Å². The third-order valence-corrected chi connectivity index (χ3v) is 8.01. The van der Waals surface area contributed by atoms with Crippen molar-refractivity contribution < 1.29 is 48.0 Å². The first kappa shape index (κ1) is 26.5. The average molecular weight is 543 g/mol. The van der Waals surface area contributed by atoms with Crippen LogP contribution in [0.4, 0.5) is 13.2 Å². The fourth-order valence-electron chi connectivity index (χ4n) is 6.06. The molecule has 6 N–H and O–H groups in total. The minimum absolute atomic E-state index is 0.0108. The Morgan fingerprint density at radius 2 is 1.67 bits per heavy atom. The maximum Gasteiger partial charge on any atom is 0.416 e. The molecule has 39 heavy (non-hydrogen) atoms. The van der Waals surface area contributed by atoms with Crippen LogP contribution < -0.4 is 5.73 Å². The molecule has 0 saturated heterocycles. The zero-order chi connectivity index (χ0) is 28.4. The van der Waals surface area contributed by atoms with Crippen LogP contribution in [0.15, 0.2) is 59.1 Å². The molecular weight excluding hydrogens is 519 g/mol. The molecule has 0 aliphatic heterocycles. The molecule has 0 radical (unpaired) electrons. The van der Waals surface area contributed by atoms with E-state index in [1.807, 2.05) is 0 Å². The summed E-state index contributed by atoms with van der Waals surface area (Å²) in [5.41, 5.74) is 2.42. The number of fused-ring (bicyclic) bond motifs is 3. The number of nitrogens with two attached hydrogens (primary N) is 1. The predicted molar refractivity (Wildman–Crippen MR) is 130 cm³/mol. The number of aliphatic hydroxyl groups excluding tert-OH is 2. The molecule has 2 aromatic carbocycles. The van der Waals surface area contributed by atoms with Gasteiger partial charge >= 0.3 is 6.18 Å². The molecule has 204 valence electrons. The Labute approximate surface area is 219 Å². The van der Waals surface area contributed by atoms with Gasteiger partial charge in [-0.05, 0) is 66.5 Å². The van der Waals surface area contributed by atoms with Gasteiger partial charge < -0.3 is 26.2 Å². The van der Waals surface area contributed by atoms with E-state index in [0.717, 1.165) is 12.1 Å². The fourth-order valence-corrected chi connectivity index (χ4v) is 6.06. The van der Waals surface area contributed by atoms with E-state index in [1.54, 1.807) is 6.07 Å². The molecule has 3 atom stereocenters. The fraction of sp³-hybridized carbons (Fsp3) is 0.321. The van der Waals surface area contributed by atoms with Gasteiger partial charge in [-0.3, -0.25) is 14.4 Å². The summed E-state index contributed by atoms with van der Waals surface area (Å²) in [6.07, 6.45) is -3.91. The van der Waals surface area contributed by atoms with Crippen molar-refractivity contribution in [3.05, 3.63) is 86.9 Å². The van der Waals surface area contributed by atoms with E-state index in [-0.39, 0.29) is 36.1 Å². The Kier molecular flexibility index (Phi) is 6.10. The number of halogens is 3. The average Bonchev–Trinajstić information content (AvgIpc) is 2.85. The van der Waals surface area contributed by atoms with Crippen LogP contribution >= 0.6 is 0 Å². The summed E-state index contributed by atoms with van der Waals surface area (Å²) in [5, 5.41) is 43.2. The Bertz CT molecular complexity index is 1490. The molecule has 3 aliphatic carbocycles. The van der Waals surface area contributed by atoms with E-state index in [2.05, 4.69) is 0 Å². The highest BCUT2D eigenvalue weighted by atomic mass is 19.4. The number of phenols is 1. The standard InChI is InChI=1S/C28H24F3NO7/c29-28(30,31)15-6-2-12(3-7-15)1-4-13-5-8-18(33)21-17(13)10-14-9-16-11-19(34)22(26(32)38)25(37)27(16,39)24(36)20(14)23(21)35/h2-3,5-8,14,16,33-34,36,39H,1,4,9-11H2,(H2,32,38)/t14-,16+,27+/m1/s1. The van der Waals surface area contributed by atoms with E-state index in [4.69, 9.17) is 5.73 Å². The molecule has 3 aliphatic rings. The number of rotatable bonds is 4. The summed E-state index contributed by atoms with van der Waals surface area (Å²) in [7, 11) is 0. The van der Waals surface area contributed by atoms with Crippen molar-refractivity contribution in [2.45, 2.75) is 43.9 Å². The highest BCUT2D eigenvalue weighted by molar-refractivity contribution is 6.24. The monoisotopic (exact) mass is 543 g/mol. The first-order valence-corrected chi connectivity index (χ1v) is 12.2. The zero-order valence-corrected chi connectivity index (χ0v) is 20.4. The van der Waals surface area contributed by atoms with Crippen molar-refractivity contribution in [3.8, 4) is 5.75 Å². The Balaban J connectivity index is 1.50. The molecule has 11 heteroatoms. The van der Waals surface area contributed by atoms with Crippen LogP contribution in [-0.2, 0) is 35.0 Å². The minimum atomic E-state index is -4.45. The Hall–Kier alpha value is -4.12. The van der Waals surface area contributed by atoms with Gasteiger partial charge in [0.05, 0.1) is 11.1 Å². The normalized spacial score (nSPS) is 24.8. The number of aromatic hydroxyl groups is 1. The summed E-state index contributed by atoms with van der Waals surface area (Å²) >= 11 is 0. The smallest absolute Gasteiger partial charge is 0.416 e. The summed E-state index contributed by atoms with van der Waals surface area (Å²) in [4.78, 5) is 38.3. The number of aliphatic hydroxyl groups is 3.